The SMILES string of the molecule is COc1cc(OC)c(OC(C)C)cc1Br. The van der Waals surface area contributed by atoms with Gasteiger partial charge in [0.25, 0.3) is 0 Å². The highest BCUT2D eigenvalue weighted by molar-refractivity contribution is 9.10. The van der Waals surface area contributed by atoms with Crippen LogP contribution in [-0.4, -0.2) is 20.3 Å². The third kappa shape index (κ3) is 3.02. The fourth-order valence-corrected chi connectivity index (χ4v) is 1.66. The molecule has 0 spiro atoms. The van der Waals surface area contributed by atoms with E-state index in [0.717, 1.165) is 10.2 Å². The molecule has 1 aromatic rings. The number of halogens is 1. The molecule has 0 saturated carbocycles. The van der Waals surface area contributed by atoms with Gasteiger partial charge in [0, 0.05) is 12.1 Å². The monoisotopic (exact) mass is 274 g/mol. The molecule has 0 aliphatic rings. The van der Waals surface area contributed by atoms with Crippen molar-refractivity contribution in [2.75, 3.05) is 14.2 Å². The van der Waals surface area contributed by atoms with Gasteiger partial charge in [-0.15, -0.1) is 0 Å². The maximum absolute atomic E-state index is 5.61. The molecule has 0 amide bonds. The Kier molecular flexibility index (Phi) is 4.27. The fourth-order valence-electron chi connectivity index (χ4n) is 1.18. The zero-order valence-corrected chi connectivity index (χ0v) is 10.9. The van der Waals surface area contributed by atoms with Crippen molar-refractivity contribution in [3.63, 3.8) is 0 Å². The number of methoxy groups -OCH3 is 2. The highest BCUT2D eigenvalue weighted by atomic mass is 79.9. The first-order valence-corrected chi connectivity index (χ1v) is 5.46. The zero-order chi connectivity index (χ0) is 11.4. The average molecular weight is 275 g/mol. The Morgan fingerprint density at radius 3 is 2.07 bits per heavy atom. The van der Waals surface area contributed by atoms with Crippen LogP contribution in [0.1, 0.15) is 13.8 Å². The molecule has 0 heterocycles. The van der Waals surface area contributed by atoms with E-state index >= 15 is 0 Å². The summed E-state index contributed by atoms with van der Waals surface area (Å²) in [5.41, 5.74) is 0. The second-order valence-electron chi connectivity index (χ2n) is 3.30. The molecule has 1 rings (SSSR count). The second kappa shape index (κ2) is 5.26. The molecular formula is C11H15BrO3. The summed E-state index contributed by atoms with van der Waals surface area (Å²) in [7, 11) is 3.22. The summed E-state index contributed by atoms with van der Waals surface area (Å²) in [5, 5.41) is 0. The molecule has 15 heavy (non-hydrogen) atoms. The van der Waals surface area contributed by atoms with Crippen LogP contribution in [0.25, 0.3) is 0 Å². The molecule has 0 fully saturated rings. The van der Waals surface area contributed by atoms with Crippen LogP contribution in [-0.2, 0) is 0 Å². The van der Waals surface area contributed by atoms with Crippen LogP contribution in [0.4, 0.5) is 0 Å². The van der Waals surface area contributed by atoms with Crippen LogP contribution < -0.4 is 14.2 Å². The molecule has 84 valence electrons. The summed E-state index contributed by atoms with van der Waals surface area (Å²) in [6.45, 7) is 3.94. The Balaban J connectivity index is 3.09. The van der Waals surface area contributed by atoms with Gasteiger partial charge in [0.05, 0.1) is 24.8 Å². The Bertz CT molecular complexity index is 337. The zero-order valence-electron chi connectivity index (χ0n) is 9.33. The molecule has 0 saturated heterocycles. The molecule has 4 heteroatoms. The Hall–Kier alpha value is -0.900. The molecule has 0 aromatic heterocycles. The smallest absolute Gasteiger partial charge is 0.164 e. The molecule has 0 N–H and O–H groups in total. The molecule has 0 unspecified atom stereocenters. The summed E-state index contributed by atoms with van der Waals surface area (Å²) in [5.74, 6) is 2.10. The van der Waals surface area contributed by atoms with Gasteiger partial charge in [-0.1, -0.05) is 0 Å². The minimum Gasteiger partial charge on any atom is -0.495 e. The number of ether oxygens (including phenoxy) is 3. The van der Waals surface area contributed by atoms with E-state index in [2.05, 4.69) is 15.9 Å². The number of hydrogen-bond acceptors (Lipinski definition) is 3. The maximum atomic E-state index is 5.61. The number of benzene rings is 1. The van der Waals surface area contributed by atoms with Gasteiger partial charge in [0.1, 0.15) is 5.75 Å². The summed E-state index contributed by atoms with van der Waals surface area (Å²) in [6.07, 6.45) is 0.110. The Morgan fingerprint density at radius 1 is 1.00 bits per heavy atom. The third-order valence-corrected chi connectivity index (χ3v) is 2.42. The van der Waals surface area contributed by atoms with Gasteiger partial charge in [-0.05, 0) is 29.8 Å². The minimum absolute atomic E-state index is 0.110. The maximum Gasteiger partial charge on any atom is 0.164 e. The molecule has 0 aliphatic heterocycles. The van der Waals surface area contributed by atoms with E-state index in [-0.39, 0.29) is 6.10 Å². The van der Waals surface area contributed by atoms with Crippen molar-refractivity contribution in [3.05, 3.63) is 16.6 Å². The largest absolute Gasteiger partial charge is 0.495 e. The molecule has 0 atom stereocenters. The van der Waals surface area contributed by atoms with Crippen molar-refractivity contribution >= 4 is 15.9 Å². The lowest BCUT2D eigenvalue weighted by Gasteiger charge is -2.15. The standard InChI is InChI=1S/C11H15BrO3/c1-7(2)15-11-5-8(12)9(13-3)6-10(11)14-4/h5-7H,1-4H3. The van der Waals surface area contributed by atoms with Gasteiger partial charge < -0.3 is 14.2 Å². The lowest BCUT2D eigenvalue weighted by atomic mass is 10.3. The Morgan fingerprint density at radius 2 is 1.60 bits per heavy atom. The summed E-state index contributed by atoms with van der Waals surface area (Å²) < 4.78 is 16.8. The molecule has 1 aromatic carbocycles. The van der Waals surface area contributed by atoms with Crippen LogP contribution in [0.15, 0.2) is 16.6 Å². The van der Waals surface area contributed by atoms with E-state index < -0.39 is 0 Å². The van der Waals surface area contributed by atoms with Crippen molar-refractivity contribution in [1.29, 1.82) is 0 Å². The summed E-state index contributed by atoms with van der Waals surface area (Å²) >= 11 is 3.40. The minimum atomic E-state index is 0.110. The lowest BCUT2D eigenvalue weighted by molar-refractivity contribution is 0.229. The van der Waals surface area contributed by atoms with Crippen LogP contribution in [0, 0.1) is 0 Å². The van der Waals surface area contributed by atoms with E-state index in [9.17, 15) is 0 Å². The fraction of sp³-hybridized carbons (Fsp3) is 0.455. The molecule has 0 aliphatic carbocycles. The van der Waals surface area contributed by atoms with Crippen LogP contribution in [0.5, 0.6) is 17.2 Å². The van der Waals surface area contributed by atoms with E-state index in [4.69, 9.17) is 14.2 Å². The van der Waals surface area contributed by atoms with E-state index in [0.29, 0.717) is 11.5 Å². The second-order valence-corrected chi connectivity index (χ2v) is 4.16. The lowest BCUT2D eigenvalue weighted by Crippen LogP contribution is -2.06. The van der Waals surface area contributed by atoms with Gasteiger partial charge in [-0.3, -0.25) is 0 Å². The van der Waals surface area contributed by atoms with E-state index in [1.165, 1.54) is 0 Å². The topological polar surface area (TPSA) is 27.7 Å². The predicted molar refractivity (Wildman–Crippen MR) is 63.0 cm³/mol. The van der Waals surface area contributed by atoms with Crippen LogP contribution in [0.3, 0.4) is 0 Å². The molecule has 0 radical (unpaired) electrons. The number of hydrogen-bond donors (Lipinski definition) is 0. The quantitative estimate of drug-likeness (QED) is 0.844. The molecule has 0 bridgehead atoms. The van der Waals surface area contributed by atoms with Crippen molar-refractivity contribution < 1.29 is 14.2 Å². The van der Waals surface area contributed by atoms with Gasteiger partial charge in [-0.25, -0.2) is 0 Å². The first-order chi connectivity index (χ1) is 7.08. The van der Waals surface area contributed by atoms with Gasteiger partial charge >= 0.3 is 0 Å². The summed E-state index contributed by atoms with van der Waals surface area (Å²) in [6, 6.07) is 3.64. The van der Waals surface area contributed by atoms with E-state index in [1.54, 1.807) is 20.3 Å². The number of rotatable bonds is 4. The van der Waals surface area contributed by atoms with Gasteiger partial charge in [-0.2, -0.15) is 0 Å². The average Bonchev–Trinajstić information content (AvgIpc) is 2.17. The third-order valence-electron chi connectivity index (χ3n) is 1.80. The molecule has 3 nitrogen and oxygen atoms in total. The first-order valence-electron chi connectivity index (χ1n) is 4.66. The normalized spacial score (nSPS) is 10.3. The van der Waals surface area contributed by atoms with Gasteiger partial charge in [0.2, 0.25) is 0 Å². The molecular weight excluding hydrogens is 260 g/mol. The van der Waals surface area contributed by atoms with Gasteiger partial charge in [0.15, 0.2) is 11.5 Å². The predicted octanol–water partition coefficient (Wildman–Crippen LogP) is 3.25. The summed E-state index contributed by atoms with van der Waals surface area (Å²) in [4.78, 5) is 0. The Labute approximate surface area is 98.5 Å². The van der Waals surface area contributed by atoms with Crippen molar-refractivity contribution in [2.24, 2.45) is 0 Å². The van der Waals surface area contributed by atoms with Crippen molar-refractivity contribution in [1.82, 2.24) is 0 Å². The first kappa shape index (κ1) is 12.2. The van der Waals surface area contributed by atoms with E-state index in [1.807, 2.05) is 19.9 Å². The van der Waals surface area contributed by atoms with Crippen LogP contribution in [0.2, 0.25) is 0 Å². The van der Waals surface area contributed by atoms with Crippen molar-refractivity contribution in [2.45, 2.75) is 20.0 Å². The highest BCUT2D eigenvalue weighted by Crippen LogP contribution is 2.37. The highest BCUT2D eigenvalue weighted by Gasteiger charge is 2.11. The van der Waals surface area contributed by atoms with Crippen molar-refractivity contribution in [3.8, 4) is 17.2 Å². The van der Waals surface area contributed by atoms with Crippen LogP contribution >= 0.6 is 15.9 Å².